The highest BCUT2D eigenvalue weighted by Gasteiger charge is 2.39. The molecule has 0 bridgehead atoms. The first kappa shape index (κ1) is 18.0. The van der Waals surface area contributed by atoms with Gasteiger partial charge < -0.3 is 19.1 Å². The number of nitro benzene ring substituents is 1. The van der Waals surface area contributed by atoms with Crippen LogP contribution in [0.2, 0.25) is 0 Å². The highest BCUT2D eigenvalue weighted by Crippen LogP contribution is 2.25. The van der Waals surface area contributed by atoms with Gasteiger partial charge in [-0.25, -0.2) is 4.79 Å². The molecule has 0 aliphatic carbocycles. The van der Waals surface area contributed by atoms with Gasteiger partial charge in [0.2, 0.25) is 0 Å². The summed E-state index contributed by atoms with van der Waals surface area (Å²) in [5.41, 5.74) is -0.637. The molecule has 24 heavy (non-hydrogen) atoms. The van der Waals surface area contributed by atoms with Crippen molar-refractivity contribution in [1.29, 1.82) is 0 Å². The Morgan fingerprint density at radius 3 is 2.54 bits per heavy atom. The lowest BCUT2D eigenvalue weighted by atomic mass is 10.2. The minimum atomic E-state index is -0.585. The molecule has 0 N–H and O–H groups in total. The number of nitro groups is 1. The lowest BCUT2D eigenvalue weighted by Crippen LogP contribution is -2.36. The van der Waals surface area contributed by atoms with Gasteiger partial charge in [0.1, 0.15) is 23.6 Å². The zero-order valence-electron chi connectivity index (χ0n) is 14.2. The molecule has 1 aliphatic rings. The minimum Gasteiger partial charge on any atom is -0.486 e. The molecule has 2 atom stereocenters. The molecular weight excluding hydrogens is 316 g/mol. The second kappa shape index (κ2) is 7.04. The van der Waals surface area contributed by atoms with E-state index in [0.29, 0.717) is 12.3 Å². The second-order valence-electron chi connectivity index (χ2n) is 6.57. The second-order valence-corrected chi connectivity index (χ2v) is 6.57. The average Bonchev–Trinajstić information content (AvgIpc) is 2.89. The van der Waals surface area contributed by atoms with E-state index in [1.165, 1.54) is 24.1 Å². The van der Waals surface area contributed by atoms with Crippen molar-refractivity contribution in [1.82, 2.24) is 4.90 Å². The minimum absolute atomic E-state index is 0.0523. The summed E-state index contributed by atoms with van der Waals surface area (Å²) in [5.74, 6) is 0.363. The van der Waals surface area contributed by atoms with Gasteiger partial charge in [0.15, 0.2) is 0 Å². The van der Waals surface area contributed by atoms with Gasteiger partial charge in [-0.2, -0.15) is 0 Å². The highest BCUT2D eigenvalue weighted by molar-refractivity contribution is 5.68. The largest absolute Gasteiger partial charge is 0.486 e. The number of amides is 1. The molecule has 1 heterocycles. The van der Waals surface area contributed by atoms with E-state index in [-0.39, 0.29) is 18.3 Å². The van der Waals surface area contributed by atoms with Gasteiger partial charge in [-0.3, -0.25) is 10.1 Å². The molecule has 0 unspecified atom stereocenters. The van der Waals surface area contributed by atoms with Crippen molar-refractivity contribution in [3.05, 3.63) is 34.4 Å². The fraction of sp³-hybridized carbons (Fsp3) is 0.562. The first-order valence-corrected chi connectivity index (χ1v) is 7.61. The van der Waals surface area contributed by atoms with Crippen LogP contribution in [-0.4, -0.2) is 53.9 Å². The van der Waals surface area contributed by atoms with Crippen molar-refractivity contribution in [2.24, 2.45) is 0 Å². The molecule has 0 spiro atoms. The van der Waals surface area contributed by atoms with Crippen LogP contribution in [0.1, 0.15) is 20.8 Å². The normalized spacial score (nSPS) is 20.8. The Bertz CT molecular complexity index is 613. The number of benzene rings is 1. The molecule has 0 radical (unpaired) electrons. The molecular formula is C16H22N2O6. The van der Waals surface area contributed by atoms with E-state index in [2.05, 4.69) is 0 Å². The van der Waals surface area contributed by atoms with Crippen LogP contribution in [0.3, 0.4) is 0 Å². The van der Waals surface area contributed by atoms with Crippen LogP contribution >= 0.6 is 0 Å². The first-order valence-electron chi connectivity index (χ1n) is 7.61. The zero-order valence-corrected chi connectivity index (χ0v) is 14.2. The quantitative estimate of drug-likeness (QED) is 0.619. The summed E-state index contributed by atoms with van der Waals surface area (Å²) in [5, 5.41) is 10.8. The standard InChI is InChI=1S/C16H22N2O6/c1-16(2,3)24-15(19)17-9-13(22-4)14(10-17)23-12-7-5-6-11(8-12)18(20)21/h5-8,13-14H,9-10H2,1-4H3/t13-,14-/m0/s1. The van der Waals surface area contributed by atoms with Crippen LogP contribution in [-0.2, 0) is 9.47 Å². The van der Waals surface area contributed by atoms with Gasteiger partial charge in [0.25, 0.3) is 5.69 Å². The van der Waals surface area contributed by atoms with Gasteiger partial charge in [-0.05, 0) is 26.8 Å². The van der Waals surface area contributed by atoms with Crippen LogP contribution in [0, 0.1) is 10.1 Å². The predicted octanol–water partition coefficient (Wildman–Crippen LogP) is 2.61. The molecule has 1 amide bonds. The summed E-state index contributed by atoms with van der Waals surface area (Å²) in [6.07, 6.45) is -1.20. The average molecular weight is 338 g/mol. The maximum absolute atomic E-state index is 12.2. The van der Waals surface area contributed by atoms with E-state index in [9.17, 15) is 14.9 Å². The van der Waals surface area contributed by atoms with Crippen LogP contribution < -0.4 is 4.74 Å². The number of hydrogen-bond acceptors (Lipinski definition) is 6. The summed E-state index contributed by atoms with van der Waals surface area (Å²) in [6, 6.07) is 5.93. The first-order chi connectivity index (χ1) is 11.2. The maximum atomic E-state index is 12.2. The molecule has 2 rings (SSSR count). The van der Waals surface area contributed by atoms with Crippen molar-refractivity contribution in [2.45, 2.75) is 38.6 Å². The third-order valence-corrected chi connectivity index (χ3v) is 3.49. The number of ether oxygens (including phenoxy) is 3. The zero-order chi connectivity index (χ0) is 17.9. The topological polar surface area (TPSA) is 91.1 Å². The summed E-state index contributed by atoms with van der Waals surface area (Å²) in [7, 11) is 1.53. The number of carbonyl (C=O) groups is 1. The highest BCUT2D eigenvalue weighted by atomic mass is 16.6. The van der Waals surface area contributed by atoms with Gasteiger partial charge in [-0.1, -0.05) is 6.07 Å². The SMILES string of the molecule is CO[C@H]1CN(C(=O)OC(C)(C)C)C[C@@H]1Oc1cccc([N+](=O)[O-])c1. The van der Waals surface area contributed by atoms with E-state index in [4.69, 9.17) is 14.2 Å². The Morgan fingerprint density at radius 1 is 1.29 bits per heavy atom. The van der Waals surface area contributed by atoms with E-state index in [0.717, 1.165) is 0 Å². The molecule has 1 aromatic rings. The van der Waals surface area contributed by atoms with E-state index in [1.807, 2.05) is 0 Å². The third-order valence-electron chi connectivity index (χ3n) is 3.49. The number of methoxy groups -OCH3 is 1. The molecule has 8 nitrogen and oxygen atoms in total. The Morgan fingerprint density at radius 2 is 1.96 bits per heavy atom. The summed E-state index contributed by atoms with van der Waals surface area (Å²) in [6.45, 7) is 6.02. The van der Waals surface area contributed by atoms with Gasteiger partial charge in [-0.15, -0.1) is 0 Å². The van der Waals surface area contributed by atoms with Crippen molar-refractivity contribution in [3.63, 3.8) is 0 Å². The van der Waals surface area contributed by atoms with Crippen molar-refractivity contribution < 1.29 is 23.9 Å². The number of rotatable bonds is 4. The van der Waals surface area contributed by atoms with Crippen molar-refractivity contribution in [3.8, 4) is 5.75 Å². The number of non-ortho nitro benzene ring substituents is 1. The number of hydrogen-bond donors (Lipinski definition) is 0. The lowest BCUT2D eigenvalue weighted by Gasteiger charge is -2.24. The summed E-state index contributed by atoms with van der Waals surface area (Å²) >= 11 is 0. The number of likely N-dealkylation sites (tertiary alicyclic amines) is 1. The van der Waals surface area contributed by atoms with Gasteiger partial charge >= 0.3 is 6.09 Å². The van der Waals surface area contributed by atoms with Crippen LogP contribution in [0.5, 0.6) is 5.75 Å². The predicted molar refractivity (Wildman–Crippen MR) is 86.1 cm³/mol. The molecule has 1 aliphatic heterocycles. The fourth-order valence-electron chi connectivity index (χ4n) is 2.40. The smallest absolute Gasteiger partial charge is 0.410 e. The molecule has 0 saturated carbocycles. The summed E-state index contributed by atoms with van der Waals surface area (Å²) < 4.78 is 16.5. The fourth-order valence-corrected chi connectivity index (χ4v) is 2.40. The Labute approximate surface area is 140 Å². The van der Waals surface area contributed by atoms with Crippen LogP contribution in [0.25, 0.3) is 0 Å². The summed E-state index contributed by atoms with van der Waals surface area (Å²) in [4.78, 5) is 24.0. The van der Waals surface area contributed by atoms with Crippen LogP contribution in [0.15, 0.2) is 24.3 Å². The molecule has 0 aromatic heterocycles. The molecule has 1 fully saturated rings. The van der Waals surface area contributed by atoms with Gasteiger partial charge in [0.05, 0.1) is 24.1 Å². The maximum Gasteiger partial charge on any atom is 0.410 e. The Balaban J connectivity index is 2.06. The van der Waals surface area contributed by atoms with Crippen molar-refractivity contribution in [2.75, 3.05) is 20.2 Å². The molecule has 1 aromatic carbocycles. The van der Waals surface area contributed by atoms with E-state index in [1.54, 1.807) is 32.9 Å². The third kappa shape index (κ3) is 4.58. The molecule has 1 saturated heterocycles. The Hall–Kier alpha value is -2.35. The number of nitrogens with zero attached hydrogens (tertiary/aromatic N) is 2. The van der Waals surface area contributed by atoms with E-state index >= 15 is 0 Å². The molecule has 8 heteroatoms. The van der Waals surface area contributed by atoms with Crippen LogP contribution in [0.4, 0.5) is 10.5 Å². The van der Waals surface area contributed by atoms with Gasteiger partial charge in [0, 0.05) is 13.2 Å². The molecule has 132 valence electrons. The van der Waals surface area contributed by atoms with Crippen molar-refractivity contribution >= 4 is 11.8 Å². The Kier molecular flexibility index (Phi) is 5.28. The number of carbonyl (C=O) groups excluding carboxylic acids is 1. The lowest BCUT2D eigenvalue weighted by molar-refractivity contribution is -0.385. The monoisotopic (exact) mass is 338 g/mol. The van der Waals surface area contributed by atoms with E-state index < -0.39 is 22.7 Å².